The predicted molar refractivity (Wildman–Crippen MR) is 203 cm³/mol. The van der Waals surface area contributed by atoms with Gasteiger partial charge in [0.2, 0.25) is 0 Å². The molecule has 0 N–H and O–H groups in total. The first-order chi connectivity index (χ1) is 24.8. The van der Waals surface area contributed by atoms with Crippen molar-refractivity contribution in [3.05, 3.63) is 164 Å². The summed E-state index contributed by atoms with van der Waals surface area (Å²) in [6, 6.07) is 51.0. The predicted octanol–water partition coefficient (Wildman–Crippen LogP) is 11.0. The molecule has 11 aromatic rings. The molecule has 0 amide bonds. The second-order valence-corrected chi connectivity index (χ2v) is 12.7. The average molecular weight is 642 g/mol. The van der Waals surface area contributed by atoms with Gasteiger partial charge in [0.1, 0.15) is 23.0 Å². The normalized spacial score (nSPS) is 12.0. The number of hydrogen-bond donors (Lipinski definition) is 0. The Morgan fingerprint density at radius 3 is 2.02 bits per heavy atom. The van der Waals surface area contributed by atoms with Crippen LogP contribution in [-0.4, -0.2) is 23.5 Å². The molecule has 0 fully saturated rings. The fraction of sp³-hybridized carbons (Fsp3) is 0. The number of imidazole rings is 1. The summed E-state index contributed by atoms with van der Waals surface area (Å²) in [6.07, 6.45) is 5.73. The second-order valence-electron chi connectivity index (χ2n) is 12.7. The molecule has 6 heteroatoms. The topological polar surface area (TPSA) is 49.3 Å². The molecule has 0 bridgehead atoms. The summed E-state index contributed by atoms with van der Waals surface area (Å²) in [5.74, 6) is 2.36. The van der Waals surface area contributed by atoms with Crippen molar-refractivity contribution in [1.82, 2.24) is 23.5 Å². The molecule has 0 aliphatic rings. The Hall–Kier alpha value is -6.92. The smallest absolute Gasteiger partial charge is 0.145 e. The zero-order valence-corrected chi connectivity index (χ0v) is 26.7. The van der Waals surface area contributed by atoms with Gasteiger partial charge in [-0.2, -0.15) is 0 Å². The lowest BCUT2D eigenvalue weighted by atomic mass is 10.1. The van der Waals surface area contributed by atoms with Crippen LogP contribution in [0.1, 0.15) is 0 Å². The Bertz CT molecular complexity index is 3120. The van der Waals surface area contributed by atoms with Gasteiger partial charge in [0.05, 0.1) is 27.6 Å². The van der Waals surface area contributed by atoms with Crippen molar-refractivity contribution in [2.75, 3.05) is 0 Å². The summed E-state index contributed by atoms with van der Waals surface area (Å²) in [4.78, 5) is 9.59. The molecule has 0 radical (unpaired) electrons. The van der Waals surface area contributed by atoms with E-state index in [1.165, 1.54) is 27.1 Å². The monoisotopic (exact) mass is 641 g/mol. The second kappa shape index (κ2) is 10.3. The van der Waals surface area contributed by atoms with Gasteiger partial charge in [0.25, 0.3) is 0 Å². The number of aromatic nitrogens is 5. The van der Waals surface area contributed by atoms with Crippen molar-refractivity contribution in [3.8, 4) is 23.0 Å². The Balaban J connectivity index is 1.16. The van der Waals surface area contributed by atoms with E-state index in [-0.39, 0.29) is 0 Å². The van der Waals surface area contributed by atoms with Crippen LogP contribution in [0.25, 0.3) is 82.4 Å². The Morgan fingerprint density at radius 2 is 1.16 bits per heavy atom. The minimum absolute atomic E-state index is 0.750. The van der Waals surface area contributed by atoms with E-state index in [4.69, 9.17) is 14.7 Å². The molecule has 0 saturated carbocycles. The van der Waals surface area contributed by atoms with Crippen LogP contribution in [0.3, 0.4) is 0 Å². The van der Waals surface area contributed by atoms with Gasteiger partial charge in [0, 0.05) is 62.7 Å². The highest BCUT2D eigenvalue weighted by Crippen LogP contribution is 2.43. The van der Waals surface area contributed by atoms with E-state index in [2.05, 4.69) is 147 Å². The molecule has 6 nitrogen and oxygen atoms in total. The van der Waals surface area contributed by atoms with E-state index in [1.807, 2.05) is 30.7 Å². The van der Waals surface area contributed by atoms with Crippen LogP contribution in [-0.2, 0) is 0 Å². The number of pyridine rings is 2. The van der Waals surface area contributed by atoms with Crippen LogP contribution in [0.5, 0.6) is 11.5 Å². The highest BCUT2D eigenvalue weighted by molar-refractivity contribution is 6.26. The maximum absolute atomic E-state index is 6.66. The number of nitrogens with zero attached hydrogens (tertiary/aromatic N) is 5. The first-order valence-corrected chi connectivity index (χ1v) is 16.7. The Morgan fingerprint density at radius 1 is 0.440 bits per heavy atom. The molecule has 5 heterocycles. The minimum Gasteiger partial charge on any atom is -0.457 e. The molecule has 5 aromatic heterocycles. The summed E-state index contributed by atoms with van der Waals surface area (Å²) < 4.78 is 13.5. The van der Waals surface area contributed by atoms with E-state index in [1.54, 1.807) is 0 Å². The Kier molecular flexibility index (Phi) is 5.57. The fourth-order valence-electron chi connectivity index (χ4n) is 7.93. The van der Waals surface area contributed by atoms with Crippen molar-refractivity contribution in [1.29, 1.82) is 0 Å². The van der Waals surface area contributed by atoms with Gasteiger partial charge in [-0.1, -0.05) is 66.7 Å². The zero-order valence-electron chi connectivity index (χ0n) is 26.7. The molecule has 6 aromatic carbocycles. The van der Waals surface area contributed by atoms with Gasteiger partial charge in [-0.15, -0.1) is 0 Å². The summed E-state index contributed by atoms with van der Waals surface area (Å²) in [5, 5.41) is 8.07. The molecule has 234 valence electrons. The third-order valence-corrected chi connectivity index (χ3v) is 9.99. The summed E-state index contributed by atoms with van der Waals surface area (Å²) in [6.45, 7) is 0. The lowest BCUT2D eigenvalue weighted by molar-refractivity contribution is 0.484. The summed E-state index contributed by atoms with van der Waals surface area (Å²) in [5.41, 5.74) is 7.64. The SMILES string of the molecule is c1ccc(-n2c3ccccc3c3c2ccc2c4ccc(Oc5ccc6c7ccccc7n7ccnc7c6c5)cc4n(-c4ccccn4)c23)cc1. The number of benzene rings is 6. The van der Waals surface area contributed by atoms with Crippen LogP contribution >= 0.6 is 0 Å². The fourth-order valence-corrected chi connectivity index (χ4v) is 7.93. The van der Waals surface area contributed by atoms with Crippen LogP contribution in [0, 0.1) is 0 Å². The van der Waals surface area contributed by atoms with Crippen LogP contribution in [0.15, 0.2) is 164 Å². The molecule has 0 saturated heterocycles. The van der Waals surface area contributed by atoms with Gasteiger partial charge in [-0.3, -0.25) is 8.97 Å². The van der Waals surface area contributed by atoms with E-state index in [0.717, 1.165) is 66.9 Å². The van der Waals surface area contributed by atoms with E-state index < -0.39 is 0 Å². The molecular weight excluding hydrogens is 615 g/mol. The number of hydrogen-bond acceptors (Lipinski definition) is 3. The van der Waals surface area contributed by atoms with Crippen molar-refractivity contribution in [3.63, 3.8) is 0 Å². The van der Waals surface area contributed by atoms with Crippen LogP contribution < -0.4 is 4.74 Å². The summed E-state index contributed by atoms with van der Waals surface area (Å²) in [7, 11) is 0. The van der Waals surface area contributed by atoms with E-state index >= 15 is 0 Å². The molecule has 0 aliphatic heterocycles. The first kappa shape index (κ1) is 27.1. The average Bonchev–Trinajstić information content (AvgIpc) is 3.89. The number of ether oxygens (including phenoxy) is 1. The van der Waals surface area contributed by atoms with Gasteiger partial charge in [0.15, 0.2) is 0 Å². The molecule has 0 atom stereocenters. The van der Waals surface area contributed by atoms with E-state index in [9.17, 15) is 0 Å². The van der Waals surface area contributed by atoms with Crippen molar-refractivity contribution >= 4 is 70.9 Å². The van der Waals surface area contributed by atoms with Crippen LogP contribution in [0.4, 0.5) is 0 Å². The van der Waals surface area contributed by atoms with Crippen molar-refractivity contribution < 1.29 is 4.74 Å². The minimum atomic E-state index is 0.750. The number of para-hydroxylation sites is 3. The van der Waals surface area contributed by atoms with E-state index in [0.29, 0.717) is 0 Å². The highest BCUT2D eigenvalue weighted by atomic mass is 16.5. The lowest BCUT2D eigenvalue weighted by Gasteiger charge is -2.12. The molecule has 11 rings (SSSR count). The largest absolute Gasteiger partial charge is 0.457 e. The molecule has 0 aliphatic carbocycles. The first-order valence-electron chi connectivity index (χ1n) is 16.7. The maximum atomic E-state index is 6.66. The molecule has 0 spiro atoms. The van der Waals surface area contributed by atoms with Gasteiger partial charge in [-0.25, -0.2) is 9.97 Å². The molecular formula is C44H27N5O. The van der Waals surface area contributed by atoms with Gasteiger partial charge in [-0.05, 0) is 78.2 Å². The number of rotatable bonds is 4. The number of fused-ring (bicyclic) bond motifs is 13. The standard InChI is InChI=1S/C44H27N5O/c1-2-10-28(11-3-1)48-38-15-7-5-13-35(38)42-39(48)22-21-34-33-20-18-30(27-40(33)49(43(34)42)41-16-8-9-23-45-41)50-29-17-19-31-32-12-4-6-14-37(32)47-25-24-46-44(47)36(31)26-29/h1-27H. The van der Waals surface area contributed by atoms with Crippen molar-refractivity contribution in [2.24, 2.45) is 0 Å². The third-order valence-electron chi connectivity index (χ3n) is 9.99. The Labute approximate surface area is 285 Å². The highest BCUT2D eigenvalue weighted by Gasteiger charge is 2.21. The summed E-state index contributed by atoms with van der Waals surface area (Å²) >= 11 is 0. The van der Waals surface area contributed by atoms with Gasteiger partial charge >= 0.3 is 0 Å². The van der Waals surface area contributed by atoms with Crippen LogP contribution in [0.2, 0.25) is 0 Å². The molecule has 50 heavy (non-hydrogen) atoms. The maximum Gasteiger partial charge on any atom is 0.145 e. The third kappa shape index (κ3) is 3.78. The quantitative estimate of drug-likeness (QED) is 0.180. The molecule has 0 unspecified atom stereocenters. The lowest BCUT2D eigenvalue weighted by Crippen LogP contribution is -1.97. The van der Waals surface area contributed by atoms with Crippen molar-refractivity contribution in [2.45, 2.75) is 0 Å². The zero-order chi connectivity index (χ0) is 32.8. The van der Waals surface area contributed by atoms with Gasteiger partial charge < -0.3 is 9.30 Å².